The maximum atomic E-state index is 11.1. The van der Waals surface area contributed by atoms with Gasteiger partial charge < -0.3 is 0 Å². The number of benzene rings is 1. The van der Waals surface area contributed by atoms with Crippen molar-refractivity contribution in [3.05, 3.63) is 38.4 Å². The van der Waals surface area contributed by atoms with Gasteiger partial charge in [0.15, 0.2) is 5.78 Å². The SMILES string of the molecule is CC(=O)c1cc(C=O)cc(Cl)c1[N+](=O)[O-]. The molecule has 5 nitrogen and oxygen atoms in total. The third-order valence-corrected chi connectivity index (χ3v) is 2.07. The number of hydrogen-bond acceptors (Lipinski definition) is 4. The van der Waals surface area contributed by atoms with Gasteiger partial charge in [-0.1, -0.05) is 11.6 Å². The van der Waals surface area contributed by atoms with Gasteiger partial charge in [0.2, 0.25) is 0 Å². The number of nitro groups is 1. The van der Waals surface area contributed by atoms with Gasteiger partial charge in [-0.05, 0) is 19.1 Å². The zero-order valence-corrected chi connectivity index (χ0v) is 8.45. The van der Waals surface area contributed by atoms with Crippen molar-refractivity contribution >= 4 is 29.4 Å². The highest BCUT2D eigenvalue weighted by Crippen LogP contribution is 2.29. The maximum Gasteiger partial charge on any atom is 0.298 e. The minimum absolute atomic E-state index is 0.135. The van der Waals surface area contributed by atoms with E-state index in [1.807, 2.05) is 0 Å². The number of nitrogens with zero attached hydrogens (tertiary/aromatic N) is 1. The number of ketones is 1. The molecule has 0 spiro atoms. The summed E-state index contributed by atoms with van der Waals surface area (Å²) in [6.07, 6.45) is 0.474. The Morgan fingerprint density at radius 3 is 2.53 bits per heavy atom. The van der Waals surface area contributed by atoms with Crippen LogP contribution in [0.2, 0.25) is 5.02 Å². The van der Waals surface area contributed by atoms with E-state index in [4.69, 9.17) is 11.6 Å². The van der Waals surface area contributed by atoms with Crippen LogP contribution in [0.4, 0.5) is 5.69 Å². The Hall–Kier alpha value is -1.75. The van der Waals surface area contributed by atoms with E-state index in [2.05, 4.69) is 0 Å². The lowest BCUT2D eigenvalue weighted by Crippen LogP contribution is -2.02. The first kappa shape index (κ1) is 11.3. The Kier molecular flexibility index (Phi) is 3.16. The van der Waals surface area contributed by atoms with Gasteiger partial charge in [0, 0.05) is 5.56 Å². The number of hydrogen-bond donors (Lipinski definition) is 0. The van der Waals surface area contributed by atoms with Crippen LogP contribution >= 0.6 is 11.6 Å². The molecular formula is C9H6ClNO4. The summed E-state index contributed by atoms with van der Waals surface area (Å²) in [5, 5.41) is 10.4. The molecule has 0 bridgehead atoms. The summed E-state index contributed by atoms with van der Waals surface area (Å²) in [6.45, 7) is 1.17. The first-order valence-electron chi connectivity index (χ1n) is 3.91. The molecule has 1 aromatic rings. The molecule has 0 N–H and O–H groups in total. The molecule has 0 amide bonds. The molecule has 0 aliphatic heterocycles. The number of Topliss-reactive ketones (excluding diaryl/α,β-unsaturated/α-hetero) is 1. The van der Waals surface area contributed by atoms with Gasteiger partial charge in [-0.3, -0.25) is 19.7 Å². The second kappa shape index (κ2) is 4.18. The minimum atomic E-state index is -0.742. The van der Waals surface area contributed by atoms with Gasteiger partial charge in [0.05, 0.1) is 10.5 Å². The number of halogens is 1. The second-order valence-corrected chi connectivity index (χ2v) is 3.24. The van der Waals surface area contributed by atoms with Crippen LogP contribution in [0.25, 0.3) is 0 Å². The van der Waals surface area contributed by atoms with Crippen molar-refractivity contribution in [2.75, 3.05) is 0 Å². The van der Waals surface area contributed by atoms with E-state index in [-0.39, 0.29) is 16.1 Å². The van der Waals surface area contributed by atoms with Crippen molar-refractivity contribution in [3.63, 3.8) is 0 Å². The van der Waals surface area contributed by atoms with E-state index in [1.54, 1.807) is 0 Å². The van der Waals surface area contributed by atoms with Crippen LogP contribution in [0, 0.1) is 10.1 Å². The molecule has 0 radical (unpaired) electrons. The summed E-state index contributed by atoms with van der Waals surface area (Å²) in [7, 11) is 0. The number of aldehydes is 1. The zero-order valence-electron chi connectivity index (χ0n) is 7.69. The molecular weight excluding hydrogens is 222 g/mol. The van der Waals surface area contributed by atoms with Gasteiger partial charge in [0.25, 0.3) is 5.69 Å². The van der Waals surface area contributed by atoms with E-state index in [9.17, 15) is 19.7 Å². The first-order valence-corrected chi connectivity index (χ1v) is 4.29. The maximum absolute atomic E-state index is 11.1. The molecule has 1 rings (SSSR count). The molecule has 0 saturated carbocycles. The van der Waals surface area contributed by atoms with Gasteiger partial charge in [-0.2, -0.15) is 0 Å². The van der Waals surface area contributed by atoms with Crippen LogP contribution in [-0.2, 0) is 0 Å². The normalized spacial score (nSPS) is 9.73. The van der Waals surface area contributed by atoms with E-state index in [1.165, 1.54) is 6.92 Å². The fourth-order valence-corrected chi connectivity index (χ4v) is 1.44. The minimum Gasteiger partial charge on any atom is -0.298 e. The average molecular weight is 228 g/mol. The molecule has 78 valence electrons. The Morgan fingerprint density at radius 1 is 1.53 bits per heavy atom. The quantitative estimate of drug-likeness (QED) is 0.343. The molecule has 15 heavy (non-hydrogen) atoms. The fraction of sp³-hybridized carbons (Fsp3) is 0.111. The lowest BCUT2D eigenvalue weighted by atomic mass is 10.1. The Balaban J connectivity index is 3.56. The Labute approximate surface area is 89.8 Å². The first-order chi connectivity index (χ1) is 6.97. The Bertz CT molecular complexity index is 456. The third-order valence-electron chi connectivity index (χ3n) is 1.78. The van der Waals surface area contributed by atoms with Crippen molar-refractivity contribution < 1.29 is 14.5 Å². The average Bonchev–Trinajstić information content (AvgIpc) is 2.15. The largest absolute Gasteiger partial charge is 0.298 e. The topological polar surface area (TPSA) is 77.3 Å². The highest BCUT2D eigenvalue weighted by molar-refractivity contribution is 6.33. The summed E-state index contributed by atoms with van der Waals surface area (Å²) in [5.74, 6) is -0.507. The van der Waals surface area contributed by atoms with Crippen LogP contribution in [0.1, 0.15) is 27.6 Å². The highest BCUT2D eigenvalue weighted by atomic mass is 35.5. The van der Waals surface area contributed by atoms with Crippen molar-refractivity contribution in [3.8, 4) is 0 Å². The summed E-state index contributed by atoms with van der Waals surface area (Å²) in [5.41, 5.74) is -0.486. The van der Waals surface area contributed by atoms with Crippen molar-refractivity contribution in [2.45, 2.75) is 6.92 Å². The smallest absolute Gasteiger partial charge is 0.298 e. The van der Waals surface area contributed by atoms with Gasteiger partial charge in [-0.25, -0.2) is 0 Å². The van der Waals surface area contributed by atoms with Crippen molar-refractivity contribution in [1.29, 1.82) is 0 Å². The van der Waals surface area contributed by atoms with E-state index < -0.39 is 16.4 Å². The predicted octanol–water partition coefficient (Wildman–Crippen LogP) is 2.26. The molecule has 0 aliphatic rings. The molecule has 0 saturated heterocycles. The van der Waals surface area contributed by atoms with Crippen LogP contribution in [0.15, 0.2) is 12.1 Å². The van der Waals surface area contributed by atoms with Crippen molar-refractivity contribution in [1.82, 2.24) is 0 Å². The lowest BCUT2D eigenvalue weighted by molar-refractivity contribution is -0.385. The fourth-order valence-electron chi connectivity index (χ4n) is 1.14. The summed E-state index contributed by atoms with van der Waals surface area (Å²) >= 11 is 5.60. The molecule has 1 aromatic carbocycles. The summed E-state index contributed by atoms with van der Waals surface area (Å²) in [4.78, 5) is 31.5. The van der Waals surface area contributed by atoms with Crippen molar-refractivity contribution in [2.24, 2.45) is 0 Å². The third kappa shape index (κ3) is 2.19. The van der Waals surface area contributed by atoms with Crippen LogP contribution in [-0.4, -0.2) is 17.0 Å². The molecule has 0 aromatic heterocycles. The monoisotopic (exact) mass is 227 g/mol. The molecule has 0 fully saturated rings. The van der Waals surface area contributed by atoms with E-state index in [0.29, 0.717) is 6.29 Å². The van der Waals surface area contributed by atoms with Crippen LogP contribution < -0.4 is 0 Å². The highest BCUT2D eigenvalue weighted by Gasteiger charge is 2.22. The number of carbonyl (C=O) groups is 2. The van der Waals surface area contributed by atoms with Gasteiger partial charge >= 0.3 is 0 Å². The predicted molar refractivity (Wildman–Crippen MR) is 53.5 cm³/mol. The molecule has 6 heteroatoms. The summed E-state index contributed by atoms with van der Waals surface area (Å²) in [6, 6.07) is 2.30. The van der Waals surface area contributed by atoms with Crippen LogP contribution in [0.5, 0.6) is 0 Å². The molecule has 0 aliphatic carbocycles. The number of nitro benzene ring substituents is 1. The second-order valence-electron chi connectivity index (χ2n) is 2.83. The zero-order chi connectivity index (χ0) is 11.6. The standard InChI is InChI=1S/C9H6ClNO4/c1-5(13)7-2-6(4-12)3-8(10)9(7)11(14)15/h2-4H,1H3. The molecule has 0 heterocycles. The molecule has 0 unspecified atom stereocenters. The van der Waals surface area contributed by atoms with E-state index in [0.717, 1.165) is 12.1 Å². The van der Waals surface area contributed by atoms with E-state index >= 15 is 0 Å². The molecule has 0 atom stereocenters. The van der Waals surface area contributed by atoms with Crippen LogP contribution in [0.3, 0.4) is 0 Å². The summed E-state index contributed by atoms with van der Waals surface area (Å²) < 4.78 is 0. The lowest BCUT2D eigenvalue weighted by Gasteiger charge is -2.01. The number of carbonyl (C=O) groups excluding carboxylic acids is 2. The van der Waals surface area contributed by atoms with Gasteiger partial charge in [-0.15, -0.1) is 0 Å². The number of rotatable bonds is 3. The van der Waals surface area contributed by atoms with Gasteiger partial charge in [0.1, 0.15) is 11.3 Å². The Morgan fingerprint density at radius 2 is 2.13 bits per heavy atom.